The summed E-state index contributed by atoms with van der Waals surface area (Å²) in [6.45, 7) is 0. The fourth-order valence-corrected chi connectivity index (χ4v) is 2.49. The van der Waals surface area contributed by atoms with Crippen molar-refractivity contribution >= 4 is 68.0 Å². The van der Waals surface area contributed by atoms with Crippen LogP contribution in [0, 0.1) is 7.27 Å². The van der Waals surface area contributed by atoms with Crippen LogP contribution in [0.4, 0.5) is 0 Å². The van der Waals surface area contributed by atoms with E-state index >= 15 is 0 Å². The molecule has 0 aliphatic rings. The summed E-state index contributed by atoms with van der Waals surface area (Å²) in [6.07, 6.45) is 1.98. The zero-order chi connectivity index (χ0) is 6.15. The Kier molecular flexibility index (Phi) is 2.81. The number of aromatic nitrogens is 2. The van der Waals surface area contributed by atoms with Crippen molar-refractivity contribution in [1.82, 2.24) is 7.99 Å². The van der Waals surface area contributed by atoms with Crippen molar-refractivity contribution in [3.8, 4) is 0 Å². The molecule has 0 N–H and O–H groups in total. The number of halogens is 3. The van der Waals surface area contributed by atoms with E-state index < -0.39 is 0 Å². The molecule has 0 aliphatic carbocycles. The Bertz CT molecular complexity index is 175. The third-order valence-corrected chi connectivity index (χ3v) is 3.71. The lowest BCUT2D eigenvalue weighted by Gasteiger charge is -1.75. The van der Waals surface area contributed by atoms with Crippen LogP contribution in [-0.4, -0.2) is 7.99 Å². The van der Waals surface area contributed by atoms with E-state index in [4.69, 9.17) is 0 Å². The van der Waals surface area contributed by atoms with E-state index in [9.17, 15) is 0 Å². The van der Waals surface area contributed by atoms with Crippen molar-refractivity contribution in [2.75, 3.05) is 0 Å². The molecule has 1 heterocycles. The second-order valence-electron chi connectivity index (χ2n) is 1.16. The van der Waals surface area contributed by atoms with Gasteiger partial charge in [-0.15, -0.1) is 0 Å². The maximum Gasteiger partial charge on any atom is 0.137 e. The fraction of sp³-hybridized carbons (Fsp3) is 0. The fourth-order valence-electron chi connectivity index (χ4n) is 0.307. The Morgan fingerprint density at radius 1 is 1.50 bits per heavy atom. The van der Waals surface area contributed by atoms with Gasteiger partial charge in [-0.3, -0.25) is 0 Å². The molecule has 1 rings (SSSR count). The SMILES string of the molecule is Ic1cn(I)nc1I. The topological polar surface area (TPSA) is 17.8 Å². The summed E-state index contributed by atoms with van der Waals surface area (Å²) in [5.74, 6) is 0. The molecule has 44 valence electrons. The molecule has 0 amide bonds. The highest BCUT2D eigenvalue weighted by Crippen LogP contribution is 2.12. The van der Waals surface area contributed by atoms with Gasteiger partial charge >= 0.3 is 0 Å². The van der Waals surface area contributed by atoms with Gasteiger partial charge in [-0.05, 0) is 45.2 Å². The van der Waals surface area contributed by atoms with Crippen molar-refractivity contribution < 1.29 is 0 Å². The Labute approximate surface area is 88.2 Å². The van der Waals surface area contributed by atoms with Crippen LogP contribution in [-0.2, 0) is 0 Å². The van der Waals surface area contributed by atoms with Gasteiger partial charge in [-0.1, -0.05) is 0 Å². The minimum absolute atomic E-state index is 1.07. The van der Waals surface area contributed by atoms with Gasteiger partial charge in [0.2, 0.25) is 0 Å². The zero-order valence-corrected chi connectivity index (χ0v) is 10.1. The van der Waals surface area contributed by atoms with Gasteiger partial charge in [0.15, 0.2) is 0 Å². The van der Waals surface area contributed by atoms with E-state index in [-0.39, 0.29) is 0 Å². The van der Waals surface area contributed by atoms with Gasteiger partial charge in [0, 0.05) is 0 Å². The average Bonchev–Trinajstić information content (AvgIpc) is 1.85. The molecule has 1 aromatic heterocycles. The van der Waals surface area contributed by atoms with E-state index in [1.54, 1.807) is 2.90 Å². The van der Waals surface area contributed by atoms with Crippen molar-refractivity contribution in [1.29, 1.82) is 0 Å². The first-order chi connectivity index (χ1) is 3.70. The quantitative estimate of drug-likeness (QED) is 0.560. The standard InChI is InChI=1S/C3HI3N2/c4-2-1-8(6)7-3(2)5/h1H. The van der Waals surface area contributed by atoms with Crippen LogP contribution in [0.3, 0.4) is 0 Å². The zero-order valence-electron chi connectivity index (χ0n) is 3.61. The minimum atomic E-state index is 1.07. The van der Waals surface area contributed by atoms with Crippen molar-refractivity contribution in [3.63, 3.8) is 0 Å². The van der Waals surface area contributed by atoms with Gasteiger partial charge in [-0.25, -0.2) is 2.90 Å². The Morgan fingerprint density at radius 2 is 2.12 bits per heavy atom. The summed E-state index contributed by atoms with van der Waals surface area (Å²) in [4.78, 5) is 0. The molecule has 0 saturated carbocycles. The molecule has 0 saturated heterocycles. The first-order valence-corrected chi connectivity index (χ1v) is 4.89. The van der Waals surface area contributed by atoms with Gasteiger partial charge in [-0.2, -0.15) is 5.10 Å². The average molecular weight is 446 g/mol. The molecule has 0 aromatic carbocycles. The first-order valence-electron chi connectivity index (χ1n) is 1.77. The van der Waals surface area contributed by atoms with Crippen LogP contribution in [0.1, 0.15) is 0 Å². The molecule has 0 aliphatic heterocycles. The molecule has 0 fully saturated rings. The van der Waals surface area contributed by atoms with E-state index in [2.05, 4.69) is 73.1 Å². The van der Waals surface area contributed by atoms with Gasteiger partial charge < -0.3 is 0 Å². The smallest absolute Gasteiger partial charge is 0.137 e. The maximum atomic E-state index is 4.09. The summed E-state index contributed by atoms with van der Waals surface area (Å²) in [7, 11) is 0. The highest BCUT2D eigenvalue weighted by Gasteiger charge is 1.97. The molecule has 0 atom stereocenters. The molecule has 2 nitrogen and oxygen atoms in total. The van der Waals surface area contributed by atoms with Crippen molar-refractivity contribution in [3.05, 3.63) is 13.5 Å². The van der Waals surface area contributed by atoms with Gasteiger partial charge in [0.1, 0.15) is 3.70 Å². The molecule has 0 spiro atoms. The van der Waals surface area contributed by atoms with E-state index in [0.717, 1.165) is 3.70 Å². The number of nitrogens with zero attached hydrogens (tertiary/aromatic N) is 2. The Hall–Kier alpha value is 1.40. The van der Waals surface area contributed by atoms with Crippen LogP contribution in [0.25, 0.3) is 0 Å². The number of hydrogen-bond donors (Lipinski definition) is 0. The lowest BCUT2D eigenvalue weighted by molar-refractivity contribution is 1.04. The molecule has 0 unspecified atom stereocenters. The highest BCUT2D eigenvalue weighted by atomic mass is 127. The van der Waals surface area contributed by atoms with E-state index in [0.29, 0.717) is 0 Å². The molecule has 0 bridgehead atoms. The van der Waals surface area contributed by atoms with Crippen molar-refractivity contribution in [2.24, 2.45) is 0 Å². The molecule has 8 heavy (non-hydrogen) atoms. The Balaban J connectivity index is 3.14. The summed E-state index contributed by atoms with van der Waals surface area (Å²) < 4.78 is 4.05. The van der Waals surface area contributed by atoms with Gasteiger partial charge in [0.25, 0.3) is 0 Å². The molecule has 1 aromatic rings. The minimum Gasteiger partial charge on any atom is -0.209 e. The van der Waals surface area contributed by atoms with Crippen LogP contribution in [0.2, 0.25) is 0 Å². The lowest BCUT2D eigenvalue weighted by atomic mass is 10.8. The van der Waals surface area contributed by atoms with Crippen LogP contribution >= 0.6 is 68.0 Å². The van der Waals surface area contributed by atoms with E-state index in [1.807, 2.05) is 6.20 Å². The predicted octanol–water partition coefficient (Wildman–Crippen LogP) is 2.29. The molecule has 0 radical (unpaired) electrons. The summed E-state index contributed by atoms with van der Waals surface area (Å²) >= 11 is 6.57. The number of hydrogen-bond acceptors (Lipinski definition) is 1. The number of rotatable bonds is 0. The lowest BCUT2D eigenvalue weighted by Crippen LogP contribution is -1.76. The van der Waals surface area contributed by atoms with Crippen molar-refractivity contribution in [2.45, 2.75) is 0 Å². The summed E-state index contributed by atoms with van der Waals surface area (Å²) in [6, 6.07) is 0. The van der Waals surface area contributed by atoms with E-state index in [1.165, 1.54) is 3.57 Å². The summed E-state index contributed by atoms with van der Waals surface area (Å²) in [5.41, 5.74) is 0. The Morgan fingerprint density at radius 3 is 2.25 bits per heavy atom. The maximum absolute atomic E-state index is 4.09. The second kappa shape index (κ2) is 2.99. The van der Waals surface area contributed by atoms with Gasteiger partial charge in [0.05, 0.1) is 32.6 Å². The first kappa shape index (κ1) is 7.51. The highest BCUT2D eigenvalue weighted by molar-refractivity contribution is 14.1. The second-order valence-corrected chi connectivity index (χ2v) is 4.33. The van der Waals surface area contributed by atoms with Crippen LogP contribution < -0.4 is 0 Å². The third kappa shape index (κ3) is 1.69. The molecular formula is C3HI3N2. The monoisotopic (exact) mass is 446 g/mol. The predicted molar refractivity (Wildman–Crippen MR) is 57.1 cm³/mol. The normalized spacial score (nSPS) is 9.88. The summed E-state index contributed by atoms with van der Waals surface area (Å²) in [5, 5.41) is 4.09. The molecule has 5 heteroatoms. The van der Waals surface area contributed by atoms with Crippen LogP contribution in [0.15, 0.2) is 6.20 Å². The molecular weight excluding hydrogens is 445 g/mol. The van der Waals surface area contributed by atoms with Crippen LogP contribution in [0.5, 0.6) is 0 Å². The largest absolute Gasteiger partial charge is 0.209 e. The third-order valence-electron chi connectivity index (χ3n) is 0.600.